The first kappa shape index (κ1) is 25.6. The van der Waals surface area contributed by atoms with Crippen LogP contribution in [0.25, 0.3) is 0 Å². The van der Waals surface area contributed by atoms with Crippen LogP contribution in [-0.4, -0.2) is 31.1 Å². The SMILES string of the molecule is C=CC(=O)OCCCCCCCCOc1ccc(C(=O)Oc2ccc(OC(C)=O)cc2)cc1. The van der Waals surface area contributed by atoms with Gasteiger partial charge in [0, 0.05) is 13.0 Å². The largest absolute Gasteiger partial charge is 0.494 e. The molecule has 0 spiro atoms. The van der Waals surface area contributed by atoms with Crippen molar-refractivity contribution in [2.75, 3.05) is 13.2 Å². The summed E-state index contributed by atoms with van der Waals surface area (Å²) in [6.45, 7) is 5.73. The Morgan fingerprint density at radius 1 is 0.727 bits per heavy atom. The summed E-state index contributed by atoms with van der Waals surface area (Å²) in [6, 6.07) is 13.0. The van der Waals surface area contributed by atoms with Crippen molar-refractivity contribution >= 4 is 17.9 Å². The van der Waals surface area contributed by atoms with Crippen molar-refractivity contribution in [3.63, 3.8) is 0 Å². The predicted molar refractivity (Wildman–Crippen MR) is 124 cm³/mol. The molecule has 7 heteroatoms. The number of hydrogen-bond donors (Lipinski definition) is 0. The topological polar surface area (TPSA) is 88.1 Å². The summed E-state index contributed by atoms with van der Waals surface area (Å²) in [7, 11) is 0. The number of ether oxygens (including phenoxy) is 4. The summed E-state index contributed by atoms with van der Waals surface area (Å²) in [5.41, 5.74) is 0.408. The zero-order chi connectivity index (χ0) is 23.9. The van der Waals surface area contributed by atoms with E-state index in [-0.39, 0.29) is 5.97 Å². The van der Waals surface area contributed by atoms with E-state index in [1.165, 1.54) is 13.0 Å². The highest BCUT2D eigenvalue weighted by Crippen LogP contribution is 2.20. The summed E-state index contributed by atoms with van der Waals surface area (Å²) >= 11 is 0. The molecule has 2 aromatic carbocycles. The van der Waals surface area contributed by atoms with E-state index in [0.29, 0.717) is 36.0 Å². The molecule has 7 nitrogen and oxygen atoms in total. The van der Waals surface area contributed by atoms with Gasteiger partial charge < -0.3 is 18.9 Å². The highest BCUT2D eigenvalue weighted by molar-refractivity contribution is 5.91. The summed E-state index contributed by atoms with van der Waals surface area (Å²) in [5, 5.41) is 0. The van der Waals surface area contributed by atoms with Crippen molar-refractivity contribution in [1.82, 2.24) is 0 Å². The van der Waals surface area contributed by atoms with Gasteiger partial charge >= 0.3 is 17.9 Å². The van der Waals surface area contributed by atoms with Gasteiger partial charge in [0.05, 0.1) is 18.8 Å². The zero-order valence-electron chi connectivity index (χ0n) is 18.9. The van der Waals surface area contributed by atoms with Crippen LogP contribution in [0.3, 0.4) is 0 Å². The number of hydrogen-bond acceptors (Lipinski definition) is 7. The first-order valence-electron chi connectivity index (χ1n) is 11.0. The second kappa shape index (κ2) is 14.5. The zero-order valence-corrected chi connectivity index (χ0v) is 18.9. The Hall–Kier alpha value is -3.61. The van der Waals surface area contributed by atoms with Crippen molar-refractivity contribution in [2.24, 2.45) is 0 Å². The Kier molecular flexibility index (Phi) is 11.2. The lowest BCUT2D eigenvalue weighted by molar-refractivity contribution is -0.138. The third-order valence-electron chi connectivity index (χ3n) is 4.60. The number of carbonyl (C=O) groups is 3. The molecule has 0 aliphatic rings. The second-order valence-corrected chi connectivity index (χ2v) is 7.32. The molecule has 2 rings (SSSR count). The van der Waals surface area contributed by atoms with E-state index in [0.717, 1.165) is 38.5 Å². The first-order chi connectivity index (χ1) is 16.0. The van der Waals surface area contributed by atoms with Crippen LogP contribution < -0.4 is 14.2 Å². The molecular weight excluding hydrogens is 424 g/mol. The molecule has 0 amide bonds. The summed E-state index contributed by atoms with van der Waals surface area (Å²) in [6.07, 6.45) is 7.27. The van der Waals surface area contributed by atoms with Crippen LogP contribution in [0.1, 0.15) is 55.8 Å². The van der Waals surface area contributed by atoms with Gasteiger partial charge in [0.2, 0.25) is 0 Å². The van der Waals surface area contributed by atoms with Crippen LogP contribution in [0.4, 0.5) is 0 Å². The van der Waals surface area contributed by atoms with Gasteiger partial charge in [-0.15, -0.1) is 0 Å². The van der Waals surface area contributed by atoms with Gasteiger partial charge in [0.1, 0.15) is 17.2 Å². The first-order valence-corrected chi connectivity index (χ1v) is 11.0. The van der Waals surface area contributed by atoms with E-state index < -0.39 is 11.9 Å². The fourth-order valence-electron chi connectivity index (χ4n) is 2.93. The van der Waals surface area contributed by atoms with Crippen LogP contribution in [0.5, 0.6) is 17.2 Å². The molecule has 0 radical (unpaired) electrons. The molecule has 0 aromatic heterocycles. The van der Waals surface area contributed by atoms with E-state index in [1.54, 1.807) is 48.5 Å². The van der Waals surface area contributed by atoms with E-state index in [1.807, 2.05) is 0 Å². The molecule has 0 saturated carbocycles. The van der Waals surface area contributed by atoms with Crippen molar-refractivity contribution in [2.45, 2.75) is 45.4 Å². The van der Waals surface area contributed by atoms with Crippen molar-refractivity contribution < 1.29 is 33.3 Å². The minimum atomic E-state index is -0.485. The minimum Gasteiger partial charge on any atom is -0.494 e. The van der Waals surface area contributed by atoms with Crippen molar-refractivity contribution in [1.29, 1.82) is 0 Å². The third kappa shape index (κ3) is 10.5. The molecule has 2 aromatic rings. The van der Waals surface area contributed by atoms with Crippen LogP contribution >= 0.6 is 0 Å². The van der Waals surface area contributed by atoms with E-state index in [4.69, 9.17) is 18.9 Å². The summed E-state index contributed by atoms with van der Waals surface area (Å²) < 4.78 is 20.9. The number of esters is 3. The third-order valence-corrected chi connectivity index (χ3v) is 4.60. The fraction of sp³-hybridized carbons (Fsp3) is 0.346. The highest BCUT2D eigenvalue weighted by atomic mass is 16.5. The number of rotatable bonds is 14. The molecular formula is C26H30O7. The van der Waals surface area contributed by atoms with E-state index in [2.05, 4.69) is 6.58 Å². The van der Waals surface area contributed by atoms with Gasteiger partial charge in [-0.3, -0.25) is 4.79 Å². The fourth-order valence-corrected chi connectivity index (χ4v) is 2.93. The Morgan fingerprint density at radius 2 is 1.24 bits per heavy atom. The van der Waals surface area contributed by atoms with Gasteiger partial charge in [-0.1, -0.05) is 32.3 Å². The van der Waals surface area contributed by atoms with Crippen molar-refractivity contribution in [3.8, 4) is 17.2 Å². The number of benzene rings is 2. The van der Waals surface area contributed by atoms with Crippen LogP contribution in [0.15, 0.2) is 61.2 Å². The molecule has 0 N–H and O–H groups in total. The average molecular weight is 455 g/mol. The number of carbonyl (C=O) groups excluding carboxylic acids is 3. The maximum absolute atomic E-state index is 12.3. The van der Waals surface area contributed by atoms with Gasteiger partial charge in [0.25, 0.3) is 0 Å². The van der Waals surface area contributed by atoms with Crippen molar-refractivity contribution in [3.05, 3.63) is 66.7 Å². The molecule has 0 aliphatic carbocycles. The number of unbranched alkanes of at least 4 members (excludes halogenated alkanes) is 5. The lowest BCUT2D eigenvalue weighted by Crippen LogP contribution is -2.08. The maximum Gasteiger partial charge on any atom is 0.343 e. The van der Waals surface area contributed by atoms with Gasteiger partial charge in [-0.25, -0.2) is 9.59 Å². The lowest BCUT2D eigenvalue weighted by Gasteiger charge is -2.08. The predicted octanol–water partition coefficient (Wildman–Crippen LogP) is 5.28. The lowest BCUT2D eigenvalue weighted by atomic mass is 10.1. The molecule has 0 saturated heterocycles. The normalized spacial score (nSPS) is 10.2. The molecule has 0 atom stereocenters. The molecule has 0 unspecified atom stereocenters. The Morgan fingerprint density at radius 3 is 1.82 bits per heavy atom. The quantitative estimate of drug-likeness (QED) is 0.166. The van der Waals surface area contributed by atoms with Crippen LogP contribution in [0, 0.1) is 0 Å². The monoisotopic (exact) mass is 454 g/mol. The standard InChI is InChI=1S/C26H30O7/c1-3-25(28)31-19-9-7-5-4-6-8-18-30-22-12-10-21(11-13-22)26(29)33-24-16-14-23(15-17-24)32-20(2)27/h3,10-17H,1,4-9,18-19H2,2H3. The molecule has 33 heavy (non-hydrogen) atoms. The van der Waals surface area contributed by atoms with Crippen LogP contribution in [0.2, 0.25) is 0 Å². The minimum absolute atomic E-state index is 0.356. The highest BCUT2D eigenvalue weighted by Gasteiger charge is 2.09. The average Bonchev–Trinajstić information content (AvgIpc) is 2.81. The van der Waals surface area contributed by atoms with Gasteiger partial charge in [0.15, 0.2) is 0 Å². The summed E-state index contributed by atoms with van der Waals surface area (Å²) in [5.74, 6) is 0.166. The Labute approximate surface area is 194 Å². The second-order valence-electron chi connectivity index (χ2n) is 7.32. The molecule has 0 bridgehead atoms. The Balaban J connectivity index is 1.60. The molecule has 0 fully saturated rings. The van der Waals surface area contributed by atoms with E-state index in [9.17, 15) is 14.4 Å². The van der Waals surface area contributed by atoms with E-state index >= 15 is 0 Å². The maximum atomic E-state index is 12.3. The van der Waals surface area contributed by atoms with Crippen LogP contribution in [-0.2, 0) is 14.3 Å². The molecule has 176 valence electrons. The van der Waals surface area contributed by atoms with Gasteiger partial charge in [-0.05, 0) is 61.4 Å². The molecule has 0 aliphatic heterocycles. The summed E-state index contributed by atoms with van der Waals surface area (Å²) in [4.78, 5) is 34.1. The Bertz CT molecular complexity index is 901. The molecule has 0 heterocycles. The van der Waals surface area contributed by atoms with Gasteiger partial charge in [-0.2, -0.15) is 0 Å². The smallest absolute Gasteiger partial charge is 0.343 e.